The Bertz CT molecular complexity index is 1250. The zero-order valence-corrected chi connectivity index (χ0v) is 18.5. The zero-order valence-electron chi connectivity index (χ0n) is 18.5. The van der Waals surface area contributed by atoms with Crippen LogP contribution in [0.3, 0.4) is 0 Å². The van der Waals surface area contributed by atoms with Gasteiger partial charge in [-0.25, -0.2) is 13.2 Å². The number of aryl methyl sites for hydroxylation is 1. The lowest BCUT2D eigenvalue weighted by atomic mass is 9.86. The highest BCUT2D eigenvalue weighted by Gasteiger charge is 2.44. The van der Waals surface area contributed by atoms with E-state index >= 15 is 0 Å². The number of nitrogens with zero attached hydrogens (tertiary/aromatic N) is 1. The highest BCUT2D eigenvalue weighted by Crippen LogP contribution is 2.42. The van der Waals surface area contributed by atoms with Gasteiger partial charge in [0.05, 0.1) is 12.0 Å². The quantitative estimate of drug-likeness (QED) is 0.581. The lowest BCUT2D eigenvalue weighted by Crippen LogP contribution is -2.35. The molecule has 0 saturated heterocycles. The van der Waals surface area contributed by atoms with Crippen LogP contribution in [0.15, 0.2) is 54.6 Å². The van der Waals surface area contributed by atoms with Gasteiger partial charge in [-0.3, -0.25) is 9.59 Å². The van der Waals surface area contributed by atoms with E-state index in [0.29, 0.717) is 24.4 Å². The van der Waals surface area contributed by atoms with E-state index in [2.05, 4.69) is 5.32 Å². The molecule has 3 aromatic carbocycles. The maximum Gasteiger partial charge on any atom is 0.251 e. The third-order valence-electron chi connectivity index (χ3n) is 5.96. The summed E-state index contributed by atoms with van der Waals surface area (Å²) in [6, 6.07) is 13.9. The van der Waals surface area contributed by atoms with Gasteiger partial charge in [0.15, 0.2) is 0 Å². The average Bonchev–Trinajstić information content (AvgIpc) is 2.93. The fourth-order valence-electron chi connectivity index (χ4n) is 4.15. The van der Waals surface area contributed by atoms with Crippen LogP contribution in [-0.2, 0) is 23.3 Å². The summed E-state index contributed by atoms with van der Waals surface area (Å²) in [6.45, 7) is 5.57. The molecule has 1 aliphatic rings. The monoisotopic (exact) mass is 452 g/mol. The molecule has 0 bridgehead atoms. The molecule has 0 aliphatic carbocycles. The summed E-state index contributed by atoms with van der Waals surface area (Å²) in [4.78, 5) is 27.6. The number of amides is 2. The molecule has 0 aromatic heterocycles. The lowest BCUT2D eigenvalue weighted by Gasteiger charge is -2.21. The van der Waals surface area contributed by atoms with Gasteiger partial charge in [-0.05, 0) is 44.0 Å². The smallest absolute Gasteiger partial charge is 0.251 e. The van der Waals surface area contributed by atoms with Crippen LogP contribution in [0.4, 0.5) is 18.9 Å². The Labute approximate surface area is 190 Å². The SMILES string of the molecule is Cc1cccc(CN2C(=O)C(C)(C)c3ccc(C(=O)NCc4c(F)cc(F)cc4F)cc32)c1. The molecule has 0 fully saturated rings. The van der Waals surface area contributed by atoms with E-state index in [1.807, 2.05) is 45.0 Å². The summed E-state index contributed by atoms with van der Waals surface area (Å²) >= 11 is 0. The van der Waals surface area contributed by atoms with Crippen molar-refractivity contribution in [1.29, 1.82) is 0 Å². The molecule has 4 rings (SSSR count). The number of rotatable bonds is 5. The molecular weight excluding hydrogens is 429 g/mol. The van der Waals surface area contributed by atoms with Crippen molar-refractivity contribution in [2.24, 2.45) is 0 Å². The molecule has 0 saturated carbocycles. The molecule has 33 heavy (non-hydrogen) atoms. The summed E-state index contributed by atoms with van der Waals surface area (Å²) < 4.78 is 40.9. The minimum Gasteiger partial charge on any atom is -0.348 e. The first-order valence-electron chi connectivity index (χ1n) is 10.5. The molecule has 4 nitrogen and oxygen atoms in total. The summed E-state index contributed by atoms with van der Waals surface area (Å²) in [5.41, 5.74) is 2.52. The third-order valence-corrected chi connectivity index (χ3v) is 5.96. The number of benzene rings is 3. The number of hydrogen-bond donors (Lipinski definition) is 1. The van der Waals surface area contributed by atoms with Gasteiger partial charge >= 0.3 is 0 Å². The first-order valence-corrected chi connectivity index (χ1v) is 10.5. The Hall–Kier alpha value is -3.61. The van der Waals surface area contributed by atoms with Crippen LogP contribution in [0.2, 0.25) is 0 Å². The largest absolute Gasteiger partial charge is 0.348 e. The number of nitrogens with one attached hydrogen (secondary N) is 1. The minimum atomic E-state index is -1.07. The lowest BCUT2D eigenvalue weighted by molar-refractivity contribution is -0.122. The van der Waals surface area contributed by atoms with Crippen LogP contribution in [0.1, 0.15) is 46.5 Å². The van der Waals surface area contributed by atoms with Gasteiger partial charge in [0.1, 0.15) is 17.5 Å². The van der Waals surface area contributed by atoms with Crippen molar-refractivity contribution in [2.45, 2.75) is 39.3 Å². The maximum absolute atomic E-state index is 13.9. The Kier molecular flexibility index (Phi) is 5.74. The van der Waals surface area contributed by atoms with Crippen LogP contribution >= 0.6 is 0 Å². The standard InChI is InChI=1S/C26H23F3N2O2/c1-15-5-4-6-16(9-15)14-31-23-10-17(7-8-20(23)26(2,3)25(31)33)24(32)30-13-19-21(28)11-18(27)12-22(19)29/h4-12H,13-14H2,1-3H3,(H,30,32). The molecule has 0 radical (unpaired) electrons. The van der Waals surface area contributed by atoms with Crippen molar-refractivity contribution in [3.8, 4) is 0 Å². The second kappa shape index (κ2) is 8.39. The van der Waals surface area contributed by atoms with Gasteiger partial charge in [0, 0.05) is 35.5 Å². The Morgan fingerprint density at radius 3 is 2.36 bits per heavy atom. The van der Waals surface area contributed by atoms with Crippen LogP contribution in [0.5, 0.6) is 0 Å². The Balaban J connectivity index is 1.60. The van der Waals surface area contributed by atoms with Gasteiger partial charge in [-0.2, -0.15) is 0 Å². The molecule has 1 N–H and O–H groups in total. The van der Waals surface area contributed by atoms with Crippen LogP contribution < -0.4 is 10.2 Å². The number of anilines is 1. The number of carbonyl (C=O) groups excluding carboxylic acids is 2. The third kappa shape index (κ3) is 4.23. The van der Waals surface area contributed by atoms with Crippen molar-refractivity contribution in [3.05, 3.63) is 99.9 Å². The number of hydrogen-bond acceptors (Lipinski definition) is 2. The summed E-state index contributed by atoms with van der Waals surface area (Å²) in [5.74, 6) is -3.81. The second-order valence-electron chi connectivity index (χ2n) is 8.77. The highest BCUT2D eigenvalue weighted by molar-refractivity contribution is 6.08. The van der Waals surface area contributed by atoms with Crippen molar-refractivity contribution < 1.29 is 22.8 Å². The molecule has 1 aliphatic heterocycles. The first-order chi connectivity index (χ1) is 15.6. The van der Waals surface area contributed by atoms with Gasteiger partial charge in [-0.1, -0.05) is 35.9 Å². The van der Waals surface area contributed by atoms with E-state index < -0.39 is 40.9 Å². The van der Waals surface area contributed by atoms with Gasteiger partial charge in [0.2, 0.25) is 5.91 Å². The van der Waals surface area contributed by atoms with Crippen molar-refractivity contribution in [3.63, 3.8) is 0 Å². The maximum atomic E-state index is 13.9. The molecule has 0 spiro atoms. The van der Waals surface area contributed by atoms with Gasteiger partial charge < -0.3 is 10.2 Å². The molecule has 1 heterocycles. The molecule has 2 amide bonds. The van der Waals surface area contributed by atoms with E-state index in [1.165, 1.54) is 0 Å². The highest BCUT2D eigenvalue weighted by atomic mass is 19.1. The number of carbonyl (C=O) groups is 2. The first kappa shape index (κ1) is 22.6. The van der Waals surface area contributed by atoms with E-state index in [9.17, 15) is 22.8 Å². The fourth-order valence-corrected chi connectivity index (χ4v) is 4.15. The Morgan fingerprint density at radius 2 is 1.70 bits per heavy atom. The van der Waals surface area contributed by atoms with Crippen molar-refractivity contribution >= 4 is 17.5 Å². The van der Waals surface area contributed by atoms with Crippen LogP contribution in [-0.4, -0.2) is 11.8 Å². The van der Waals surface area contributed by atoms with E-state index in [0.717, 1.165) is 16.7 Å². The predicted molar refractivity (Wildman–Crippen MR) is 119 cm³/mol. The van der Waals surface area contributed by atoms with Gasteiger partial charge in [0.25, 0.3) is 5.91 Å². The Morgan fingerprint density at radius 1 is 1.00 bits per heavy atom. The molecule has 0 unspecified atom stereocenters. The molecule has 7 heteroatoms. The zero-order chi connectivity index (χ0) is 23.9. The molecule has 170 valence electrons. The van der Waals surface area contributed by atoms with E-state index in [4.69, 9.17) is 0 Å². The van der Waals surface area contributed by atoms with Crippen molar-refractivity contribution in [2.75, 3.05) is 4.90 Å². The molecular formula is C26H23F3N2O2. The minimum absolute atomic E-state index is 0.0768. The van der Waals surface area contributed by atoms with E-state index in [-0.39, 0.29) is 11.5 Å². The van der Waals surface area contributed by atoms with Gasteiger partial charge in [-0.15, -0.1) is 0 Å². The normalized spacial score (nSPS) is 14.4. The average molecular weight is 452 g/mol. The molecule has 0 atom stereocenters. The van der Waals surface area contributed by atoms with E-state index in [1.54, 1.807) is 23.1 Å². The predicted octanol–water partition coefficient (Wildman–Crippen LogP) is 5.17. The number of fused-ring (bicyclic) bond motifs is 1. The summed E-state index contributed by atoms with van der Waals surface area (Å²) in [7, 11) is 0. The van der Waals surface area contributed by atoms with Crippen molar-refractivity contribution in [1.82, 2.24) is 5.32 Å². The number of halogens is 3. The summed E-state index contributed by atoms with van der Waals surface area (Å²) in [6.07, 6.45) is 0. The van der Waals surface area contributed by atoms with Crippen LogP contribution in [0, 0.1) is 24.4 Å². The fraction of sp³-hybridized carbons (Fsp3) is 0.231. The topological polar surface area (TPSA) is 49.4 Å². The summed E-state index contributed by atoms with van der Waals surface area (Å²) in [5, 5.41) is 2.47. The molecule has 3 aromatic rings. The van der Waals surface area contributed by atoms with Crippen LogP contribution in [0.25, 0.3) is 0 Å². The second-order valence-corrected chi connectivity index (χ2v) is 8.77.